The van der Waals surface area contributed by atoms with Gasteiger partial charge in [-0.3, -0.25) is 18.6 Å². The predicted molar refractivity (Wildman–Crippen MR) is 127 cm³/mol. The molecule has 0 N–H and O–H groups in total. The van der Waals surface area contributed by atoms with Crippen molar-refractivity contribution in [2.45, 2.75) is 24.4 Å². The molecule has 5 rings (SSSR count). The van der Waals surface area contributed by atoms with Crippen LogP contribution in [0.25, 0.3) is 16.6 Å². The van der Waals surface area contributed by atoms with Gasteiger partial charge in [0.15, 0.2) is 5.16 Å². The summed E-state index contributed by atoms with van der Waals surface area (Å²) in [6.45, 7) is 2.46. The van der Waals surface area contributed by atoms with E-state index in [4.69, 9.17) is 4.98 Å². The lowest BCUT2D eigenvalue weighted by Crippen LogP contribution is -2.24. The molecule has 0 amide bonds. The number of fused-ring (bicyclic) bond motifs is 2. The number of hydrogen-bond donors (Lipinski definition) is 0. The van der Waals surface area contributed by atoms with Crippen molar-refractivity contribution in [2.75, 3.05) is 0 Å². The summed E-state index contributed by atoms with van der Waals surface area (Å²) in [5.41, 5.74) is 3.89. The van der Waals surface area contributed by atoms with Gasteiger partial charge < -0.3 is 0 Å². The van der Waals surface area contributed by atoms with Gasteiger partial charge in [-0.15, -0.1) is 0 Å². The minimum absolute atomic E-state index is 0.0785. The molecule has 0 bridgehead atoms. The van der Waals surface area contributed by atoms with Crippen LogP contribution in [-0.4, -0.2) is 18.9 Å². The molecule has 0 atom stereocenters. The number of para-hydroxylation sites is 1. The van der Waals surface area contributed by atoms with Gasteiger partial charge in [0.05, 0.1) is 23.1 Å². The Kier molecular flexibility index (Phi) is 5.33. The number of aryl methyl sites for hydroxylation is 1. The van der Waals surface area contributed by atoms with Crippen molar-refractivity contribution in [3.05, 3.63) is 117 Å². The highest BCUT2D eigenvalue weighted by Crippen LogP contribution is 2.22. The SMILES string of the molecule is Cc1ccc(Cn2c(SCc3cc(=O)n4ccccc4n3)nc3ccccc3c2=O)cc1. The summed E-state index contributed by atoms with van der Waals surface area (Å²) >= 11 is 1.41. The second kappa shape index (κ2) is 8.43. The van der Waals surface area contributed by atoms with Crippen LogP contribution >= 0.6 is 11.8 Å². The topological polar surface area (TPSA) is 69.3 Å². The molecule has 7 heteroatoms. The molecule has 0 saturated carbocycles. The van der Waals surface area contributed by atoms with Crippen molar-refractivity contribution in [1.29, 1.82) is 0 Å². The van der Waals surface area contributed by atoms with E-state index in [1.807, 2.05) is 55.5 Å². The van der Waals surface area contributed by atoms with Gasteiger partial charge in [-0.05, 0) is 36.8 Å². The molecule has 0 aliphatic heterocycles. The van der Waals surface area contributed by atoms with Gasteiger partial charge >= 0.3 is 0 Å². The largest absolute Gasteiger partial charge is 0.283 e. The fourth-order valence-corrected chi connectivity index (χ4v) is 4.48. The molecule has 158 valence electrons. The van der Waals surface area contributed by atoms with Crippen molar-refractivity contribution in [2.24, 2.45) is 0 Å². The van der Waals surface area contributed by atoms with Gasteiger partial charge in [-0.2, -0.15) is 0 Å². The zero-order valence-corrected chi connectivity index (χ0v) is 18.2. The summed E-state index contributed by atoms with van der Waals surface area (Å²) in [5.74, 6) is 0.430. The fourth-order valence-electron chi connectivity index (χ4n) is 3.59. The zero-order chi connectivity index (χ0) is 22.1. The van der Waals surface area contributed by atoms with Crippen LogP contribution in [-0.2, 0) is 12.3 Å². The molecule has 5 aromatic rings. The smallest absolute Gasteiger partial charge is 0.262 e. The quantitative estimate of drug-likeness (QED) is 0.305. The number of nitrogens with zero attached hydrogens (tertiary/aromatic N) is 4. The minimum atomic E-state index is -0.130. The monoisotopic (exact) mass is 440 g/mol. The van der Waals surface area contributed by atoms with Crippen LogP contribution in [0, 0.1) is 6.92 Å². The molecule has 0 radical (unpaired) electrons. The molecule has 0 saturated heterocycles. The number of hydrogen-bond acceptors (Lipinski definition) is 5. The van der Waals surface area contributed by atoms with Crippen molar-refractivity contribution >= 4 is 28.3 Å². The van der Waals surface area contributed by atoms with E-state index in [0.717, 1.165) is 5.56 Å². The van der Waals surface area contributed by atoms with E-state index >= 15 is 0 Å². The predicted octanol–water partition coefficient (Wildman–Crippen LogP) is 4.05. The van der Waals surface area contributed by atoms with Crippen molar-refractivity contribution in [3.8, 4) is 0 Å². The highest BCUT2D eigenvalue weighted by Gasteiger charge is 2.13. The molecule has 32 heavy (non-hydrogen) atoms. The van der Waals surface area contributed by atoms with Gasteiger partial charge in [0.25, 0.3) is 11.1 Å². The van der Waals surface area contributed by atoms with Crippen molar-refractivity contribution in [1.82, 2.24) is 18.9 Å². The third-order valence-electron chi connectivity index (χ3n) is 5.26. The molecule has 0 spiro atoms. The van der Waals surface area contributed by atoms with Crippen LogP contribution in [0.4, 0.5) is 0 Å². The normalized spacial score (nSPS) is 11.3. The first-order valence-electron chi connectivity index (χ1n) is 10.2. The standard InChI is InChI=1S/C25H20N4O2S/c1-17-9-11-18(12-10-17)15-29-24(31)20-6-2-3-7-21(20)27-25(29)32-16-19-14-23(30)28-13-5-4-8-22(28)26-19/h2-14H,15-16H2,1H3. The molecular formula is C25H20N4O2S. The molecule has 0 unspecified atom stereocenters. The zero-order valence-electron chi connectivity index (χ0n) is 17.4. The average Bonchev–Trinajstić information content (AvgIpc) is 2.81. The van der Waals surface area contributed by atoms with Crippen LogP contribution in [0.15, 0.2) is 93.7 Å². The second-order valence-corrected chi connectivity index (χ2v) is 8.53. The molecule has 3 aromatic heterocycles. The maximum absolute atomic E-state index is 13.3. The fraction of sp³-hybridized carbons (Fsp3) is 0.120. The Balaban J connectivity index is 1.54. The first-order valence-corrected chi connectivity index (χ1v) is 11.2. The van der Waals surface area contributed by atoms with Crippen LogP contribution in [0.2, 0.25) is 0 Å². The number of aromatic nitrogens is 4. The minimum Gasteiger partial charge on any atom is -0.283 e. The van der Waals surface area contributed by atoms with E-state index in [1.54, 1.807) is 29.0 Å². The lowest BCUT2D eigenvalue weighted by atomic mass is 10.1. The third-order valence-corrected chi connectivity index (χ3v) is 6.27. The third kappa shape index (κ3) is 3.94. The van der Waals surface area contributed by atoms with E-state index in [1.165, 1.54) is 27.8 Å². The Morgan fingerprint density at radius 2 is 1.69 bits per heavy atom. The Bertz CT molecular complexity index is 1560. The maximum atomic E-state index is 13.3. The van der Waals surface area contributed by atoms with Crippen LogP contribution in [0.1, 0.15) is 16.8 Å². The number of pyridine rings is 1. The van der Waals surface area contributed by atoms with Gasteiger partial charge in [-0.25, -0.2) is 9.97 Å². The van der Waals surface area contributed by atoms with Gasteiger partial charge in [-0.1, -0.05) is 59.8 Å². The summed E-state index contributed by atoms with van der Waals surface area (Å²) in [4.78, 5) is 35.1. The van der Waals surface area contributed by atoms with Crippen LogP contribution in [0.5, 0.6) is 0 Å². The lowest BCUT2D eigenvalue weighted by Gasteiger charge is -2.13. The van der Waals surface area contributed by atoms with E-state index in [2.05, 4.69) is 4.98 Å². The van der Waals surface area contributed by atoms with E-state index in [-0.39, 0.29) is 11.1 Å². The maximum Gasteiger partial charge on any atom is 0.262 e. The molecule has 0 fully saturated rings. The average molecular weight is 441 g/mol. The summed E-state index contributed by atoms with van der Waals surface area (Å²) in [6, 6.07) is 22.5. The van der Waals surface area contributed by atoms with E-state index < -0.39 is 0 Å². The lowest BCUT2D eigenvalue weighted by molar-refractivity contribution is 0.658. The van der Waals surface area contributed by atoms with Gasteiger partial charge in [0, 0.05) is 18.0 Å². The highest BCUT2D eigenvalue weighted by molar-refractivity contribution is 7.98. The molecular weight excluding hydrogens is 420 g/mol. The van der Waals surface area contributed by atoms with Crippen molar-refractivity contribution < 1.29 is 0 Å². The Morgan fingerprint density at radius 3 is 2.53 bits per heavy atom. The summed E-state index contributed by atoms with van der Waals surface area (Å²) in [6.07, 6.45) is 1.70. The van der Waals surface area contributed by atoms with Crippen LogP contribution in [0.3, 0.4) is 0 Å². The van der Waals surface area contributed by atoms with Gasteiger partial charge in [0.2, 0.25) is 0 Å². The molecule has 6 nitrogen and oxygen atoms in total. The highest BCUT2D eigenvalue weighted by atomic mass is 32.2. The van der Waals surface area contributed by atoms with Crippen LogP contribution < -0.4 is 11.1 Å². The van der Waals surface area contributed by atoms with Crippen molar-refractivity contribution in [3.63, 3.8) is 0 Å². The second-order valence-electron chi connectivity index (χ2n) is 7.59. The molecule has 0 aliphatic rings. The number of thioether (sulfide) groups is 1. The number of benzene rings is 2. The van der Waals surface area contributed by atoms with Gasteiger partial charge in [0.1, 0.15) is 5.65 Å². The van der Waals surface area contributed by atoms with E-state index in [9.17, 15) is 9.59 Å². The summed E-state index contributed by atoms with van der Waals surface area (Å²) in [5, 5.41) is 1.19. The first-order chi connectivity index (χ1) is 15.6. The number of rotatable bonds is 5. The first kappa shape index (κ1) is 20.2. The molecule has 0 aliphatic carbocycles. The summed E-state index contributed by atoms with van der Waals surface area (Å²) < 4.78 is 3.21. The Hall–Kier alpha value is -3.71. The molecule has 2 aromatic carbocycles. The molecule has 3 heterocycles. The van der Waals surface area contributed by atoms with E-state index in [0.29, 0.717) is 39.7 Å². The Labute approximate surface area is 188 Å². The summed E-state index contributed by atoms with van der Waals surface area (Å²) in [7, 11) is 0. The Morgan fingerprint density at radius 1 is 0.906 bits per heavy atom.